The van der Waals surface area contributed by atoms with Crippen LogP contribution in [-0.4, -0.2) is 36.4 Å². The number of hydrogen-bond donors (Lipinski definition) is 4. The van der Waals surface area contributed by atoms with Gasteiger partial charge in [0, 0.05) is 30.1 Å². The Morgan fingerprint density at radius 3 is 2.26 bits per heavy atom. The quantitative estimate of drug-likeness (QED) is 0.321. The predicted octanol–water partition coefficient (Wildman–Crippen LogP) is 3.13. The Morgan fingerprint density at radius 1 is 0.912 bits per heavy atom. The smallest absolute Gasteiger partial charge is 0.408 e. The second-order valence-electron chi connectivity index (χ2n) is 7.56. The van der Waals surface area contributed by atoms with Crippen LogP contribution in [0.15, 0.2) is 54.6 Å². The van der Waals surface area contributed by atoms with Gasteiger partial charge in [-0.25, -0.2) is 4.79 Å². The number of hydrogen-bond acceptors (Lipinski definition) is 5. The van der Waals surface area contributed by atoms with Crippen LogP contribution in [0.3, 0.4) is 0 Å². The number of amides is 4. The molecule has 0 aliphatic carbocycles. The van der Waals surface area contributed by atoms with E-state index >= 15 is 0 Å². The van der Waals surface area contributed by atoms with Crippen molar-refractivity contribution in [1.29, 1.82) is 0 Å². The van der Waals surface area contributed by atoms with Gasteiger partial charge in [0.1, 0.15) is 12.6 Å². The van der Waals surface area contributed by atoms with Crippen molar-refractivity contribution in [2.45, 2.75) is 44.8 Å². The van der Waals surface area contributed by atoms with Crippen LogP contribution in [0, 0.1) is 0 Å². The Balaban J connectivity index is 1.57. The van der Waals surface area contributed by atoms with E-state index in [4.69, 9.17) is 22.1 Å². The van der Waals surface area contributed by atoms with Crippen LogP contribution in [0.1, 0.15) is 37.7 Å². The van der Waals surface area contributed by atoms with Crippen molar-refractivity contribution in [3.05, 3.63) is 65.2 Å². The molecule has 0 aromatic heterocycles. The van der Waals surface area contributed by atoms with Crippen molar-refractivity contribution in [3.8, 4) is 0 Å². The zero-order chi connectivity index (χ0) is 24.8. The van der Waals surface area contributed by atoms with E-state index in [0.29, 0.717) is 36.5 Å². The summed E-state index contributed by atoms with van der Waals surface area (Å²) in [5.74, 6) is -1.18. The molecule has 0 fully saturated rings. The highest BCUT2D eigenvalue weighted by molar-refractivity contribution is 6.30. The molecule has 2 aromatic carbocycles. The number of nitrogens with one attached hydrogen (secondary N) is 3. The zero-order valence-corrected chi connectivity index (χ0v) is 19.5. The highest BCUT2D eigenvalue weighted by atomic mass is 35.5. The van der Waals surface area contributed by atoms with Crippen molar-refractivity contribution in [1.82, 2.24) is 10.6 Å². The van der Waals surface area contributed by atoms with Crippen LogP contribution in [-0.2, 0) is 25.7 Å². The lowest BCUT2D eigenvalue weighted by Gasteiger charge is -2.15. The average Bonchev–Trinajstić information content (AvgIpc) is 2.82. The molecule has 10 heteroatoms. The molecule has 2 rings (SSSR count). The number of benzene rings is 2. The van der Waals surface area contributed by atoms with Crippen LogP contribution in [0.4, 0.5) is 10.5 Å². The fraction of sp³-hybridized carbons (Fsp3) is 0.333. The van der Waals surface area contributed by atoms with Crippen molar-refractivity contribution < 1.29 is 23.9 Å². The second-order valence-corrected chi connectivity index (χ2v) is 8.00. The first-order chi connectivity index (χ1) is 16.3. The van der Waals surface area contributed by atoms with E-state index in [1.807, 2.05) is 30.3 Å². The molecule has 0 unspecified atom stereocenters. The Hall–Kier alpha value is -3.59. The monoisotopic (exact) mass is 488 g/mol. The SMILES string of the molecule is NC(=O)[C@H](CCCCNC(=O)CCC(=O)Nc1ccc(Cl)cc1)NC(=O)OCc1ccccc1. The molecule has 5 N–H and O–H groups in total. The fourth-order valence-corrected chi connectivity index (χ4v) is 3.09. The van der Waals surface area contributed by atoms with Gasteiger partial charge in [-0.15, -0.1) is 0 Å². The molecule has 0 saturated heterocycles. The summed E-state index contributed by atoms with van der Waals surface area (Å²) in [6.07, 6.45) is 0.815. The first-order valence-corrected chi connectivity index (χ1v) is 11.3. The van der Waals surface area contributed by atoms with Gasteiger partial charge in [0.2, 0.25) is 17.7 Å². The molecule has 182 valence electrons. The topological polar surface area (TPSA) is 140 Å². The molecule has 34 heavy (non-hydrogen) atoms. The number of ether oxygens (including phenoxy) is 1. The van der Waals surface area contributed by atoms with Crippen molar-refractivity contribution >= 4 is 41.1 Å². The van der Waals surface area contributed by atoms with Crippen molar-refractivity contribution in [3.63, 3.8) is 0 Å². The second kappa shape index (κ2) is 14.5. The molecule has 2 aromatic rings. The van der Waals surface area contributed by atoms with Gasteiger partial charge in [-0.1, -0.05) is 41.9 Å². The largest absolute Gasteiger partial charge is 0.445 e. The van der Waals surface area contributed by atoms with Crippen LogP contribution < -0.4 is 21.7 Å². The minimum atomic E-state index is -0.865. The van der Waals surface area contributed by atoms with E-state index < -0.39 is 18.0 Å². The summed E-state index contributed by atoms with van der Waals surface area (Å²) in [6.45, 7) is 0.462. The Morgan fingerprint density at radius 2 is 1.59 bits per heavy atom. The number of nitrogens with two attached hydrogens (primary N) is 1. The lowest BCUT2D eigenvalue weighted by atomic mass is 10.1. The molecule has 0 spiro atoms. The van der Waals surface area contributed by atoms with Gasteiger partial charge in [0.15, 0.2) is 0 Å². The Bertz CT molecular complexity index is 954. The summed E-state index contributed by atoms with van der Waals surface area (Å²) in [7, 11) is 0. The van der Waals surface area contributed by atoms with Gasteiger partial charge in [-0.3, -0.25) is 14.4 Å². The predicted molar refractivity (Wildman–Crippen MR) is 129 cm³/mol. The molecule has 0 aliphatic rings. The molecular formula is C24H29ClN4O5. The number of unbranched alkanes of at least 4 members (excludes halogenated alkanes) is 1. The Labute approximate surface area is 203 Å². The van der Waals surface area contributed by atoms with Crippen LogP contribution >= 0.6 is 11.6 Å². The van der Waals surface area contributed by atoms with Crippen LogP contribution in [0.5, 0.6) is 0 Å². The summed E-state index contributed by atoms with van der Waals surface area (Å²) >= 11 is 5.80. The number of rotatable bonds is 13. The highest BCUT2D eigenvalue weighted by Gasteiger charge is 2.18. The number of carbonyl (C=O) groups excluding carboxylic acids is 4. The van der Waals surface area contributed by atoms with E-state index in [9.17, 15) is 19.2 Å². The van der Waals surface area contributed by atoms with E-state index in [0.717, 1.165) is 5.56 Å². The maximum atomic E-state index is 11.9. The summed E-state index contributed by atoms with van der Waals surface area (Å²) in [5, 5.41) is 8.45. The van der Waals surface area contributed by atoms with Gasteiger partial charge >= 0.3 is 6.09 Å². The maximum absolute atomic E-state index is 11.9. The summed E-state index contributed by atoms with van der Waals surface area (Å²) in [4.78, 5) is 47.4. The van der Waals surface area contributed by atoms with Gasteiger partial charge in [0.25, 0.3) is 0 Å². The van der Waals surface area contributed by atoms with Crippen molar-refractivity contribution in [2.75, 3.05) is 11.9 Å². The third kappa shape index (κ3) is 10.8. The summed E-state index contributed by atoms with van der Waals surface area (Å²) in [6, 6.07) is 15.0. The third-order valence-electron chi connectivity index (χ3n) is 4.80. The zero-order valence-electron chi connectivity index (χ0n) is 18.7. The molecule has 4 amide bonds. The molecule has 9 nitrogen and oxygen atoms in total. The normalized spacial score (nSPS) is 11.2. The van der Waals surface area contributed by atoms with Gasteiger partial charge in [-0.2, -0.15) is 0 Å². The molecule has 0 bridgehead atoms. The van der Waals surface area contributed by atoms with E-state index in [2.05, 4.69) is 16.0 Å². The minimum absolute atomic E-state index is 0.0488. The maximum Gasteiger partial charge on any atom is 0.408 e. The summed E-state index contributed by atoms with van der Waals surface area (Å²) in [5.41, 5.74) is 6.80. The van der Waals surface area contributed by atoms with E-state index in [1.54, 1.807) is 24.3 Å². The molecule has 0 saturated carbocycles. The van der Waals surface area contributed by atoms with Gasteiger partial charge in [-0.05, 0) is 49.1 Å². The number of primary amides is 1. The fourth-order valence-electron chi connectivity index (χ4n) is 2.97. The standard InChI is InChI=1S/C24H29ClN4O5/c25-18-9-11-19(12-10-18)28-22(31)14-13-21(30)27-15-5-4-8-20(23(26)32)29-24(33)34-16-17-6-2-1-3-7-17/h1-3,6-7,9-12,20H,4-5,8,13-16H2,(H2,26,32)(H,27,30)(H,28,31)(H,29,33)/t20-/m0/s1. The lowest BCUT2D eigenvalue weighted by molar-refractivity contribution is -0.124. The van der Waals surface area contributed by atoms with Gasteiger partial charge in [0.05, 0.1) is 0 Å². The Kier molecular flexibility index (Phi) is 11.4. The number of carbonyl (C=O) groups is 4. The average molecular weight is 489 g/mol. The summed E-state index contributed by atoms with van der Waals surface area (Å²) < 4.78 is 5.10. The van der Waals surface area contributed by atoms with Crippen LogP contribution in [0.2, 0.25) is 5.02 Å². The van der Waals surface area contributed by atoms with Crippen molar-refractivity contribution in [2.24, 2.45) is 5.73 Å². The lowest BCUT2D eigenvalue weighted by Crippen LogP contribution is -2.44. The minimum Gasteiger partial charge on any atom is -0.445 e. The van der Waals surface area contributed by atoms with E-state index in [-0.39, 0.29) is 31.3 Å². The molecule has 0 aliphatic heterocycles. The third-order valence-corrected chi connectivity index (χ3v) is 5.05. The molecule has 0 radical (unpaired) electrons. The molecule has 0 heterocycles. The van der Waals surface area contributed by atoms with Crippen LogP contribution in [0.25, 0.3) is 0 Å². The number of anilines is 1. The van der Waals surface area contributed by atoms with E-state index in [1.165, 1.54) is 0 Å². The number of alkyl carbamates (subject to hydrolysis) is 1. The van der Waals surface area contributed by atoms with Gasteiger partial charge < -0.3 is 26.4 Å². The molecular weight excluding hydrogens is 460 g/mol. The first kappa shape index (κ1) is 26.7. The number of halogens is 1. The highest BCUT2D eigenvalue weighted by Crippen LogP contribution is 2.13. The molecule has 1 atom stereocenters. The first-order valence-electron chi connectivity index (χ1n) is 10.9.